The summed E-state index contributed by atoms with van der Waals surface area (Å²) < 4.78 is 1.59. The molecule has 1 fully saturated rings. The van der Waals surface area contributed by atoms with Gasteiger partial charge in [-0.05, 0) is 33.6 Å². The Labute approximate surface area is 157 Å². The van der Waals surface area contributed by atoms with Crippen molar-refractivity contribution in [3.8, 4) is 6.07 Å². The van der Waals surface area contributed by atoms with Crippen molar-refractivity contribution in [2.45, 2.75) is 45.8 Å². The molecule has 9 heteroatoms. The van der Waals surface area contributed by atoms with Gasteiger partial charge in [0.1, 0.15) is 12.5 Å². The lowest BCUT2D eigenvalue weighted by Gasteiger charge is -2.38. The molecule has 2 rings (SSSR count). The Morgan fingerprint density at radius 3 is 2.54 bits per heavy atom. The van der Waals surface area contributed by atoms with E-state index in [0.717, 1.165) is 5.69 Å². The summed E-state index contributed by atoms with van der Waals surface area (Å²) in [6.07, 6.45) is 0.718. The highest BCUT2D eigenvalue weighted by molar-refractivity contribution is 6.31. The van der Waals surface area contributed by atoms with Gasteiger partial charge in [0.15, 0.2) is 0 Å². The third-order valence-corrected chi connectivity index (χ3v) is 5.35. The molecule has 1 aromatic rings. The van der Waals surface area contributed by atoms with Crippen LogP contribution in [-0.2, 0) is 16.1 Å². The van der Waals surface area contributed by atoms with Crippen molar-refractivity contribution in [1.29, 1.82) is 5.26 Å². The first-order valence-corrected chi connectivity index (χ1v) is 8.91. The second kappa shape index (κ2) is 8.06. The van der Waals surface area contributed by atoms with E-state index in [1.165, 1.54) is 6.92 Å². The number of nitrogens with zero attached hydrogens (tertiary/aromatic N) is 4. The summed E-state index contributed by atoms with van der Waals surface area (Å²) in [6.45, 7) is 6.08. The number of nitrogens with one attached hydrogen (secondary N) is 1. The van der Waals surface area contributed by atoms with Gasteiger partial charge < -0.3 is 15.3 Å². The maximum atomic E-state index is 12.5. The molecule has 1 atom stereocenters. The van der Waals surface area contributed by atoms with Crippen LogP contribution in [0.5, 0.6) is 0 Å². The molecule has 0 spiro atoms. The van der Waals surface area contributed by atoms with Crippen molar-refractivity contribution in [3.05, 3.63) is 16.4 Å². The predicted octanol–water partition coefficient (Wildman–Crippen LogP) is 0.783. The molecule has 26 heavy (non-hydrogen) atoms. The van der Waals surface area contributed by atoms with Gasteiger partial charge in [-0.15, -0.1) is 0 Å². The zero-order chi connectivity index (χ0) is 19.5. The highest BCUT2D eigenvalue weighted by Crippen LogP contribution is 2.23. The van der Waals surface area contributed by atoms with Crippen molar-refractivity contribution in [3.63, 3.8) is 0 Å². The monoisotopic (exact) mass is 381 g/mol. The van der Waals surface area contributed by atoms with E-state index in [-0.39, 0.29) is 19.0 Å². The molecule has 1 unspecified atom stereocenters. The van der Waals surface area contributed by atoms with Crippen molar-refractivity contribution < 1.29 is 14.7 Å². The molecule has 1 aliphatic heterocycles. The van der Waals surface area contributed by atoms with E-state index in [1.807, 2.05) is 13.0 Å². The maximum absolute atomic E-state index is 12.5. The van der Waals surface area contributed by atoms with Crippen LogP contribution in [0.25, 0.3) is 0 Å². The first-order valence-electron chi connectivity index (χ1n) is 8.54. The highest BCUT2D eigenvalue weighted by atomic mass is 35.5. The summed E-state index contributed by atoms with van der Waals surface area (Å²) in [6, 6.07) is 1.86. The van der Waals surface area contributed by atoms with Gasteiger partial charge in [-0.25, -0.2) is 0 Å². The fraction of sp³-hybridized carbons (Fsp3) is 0.647. The van der Waals surface area contributed by atoms with Crippen LogP contribution >= 0.6 is 11.6 Å². The average molecular weight is 382 g/mol. The van der Waals surface area contributed by atoms with Crippen LogP contribution in [0.1, 0.15) is 31.2 Å². The van der Waals surface area contributed by atoms with Gasteiger partial charge in [0.05, 0.1) is 28.1 Å². The van der Waals surface area contributed by atoms with E-state index in [9.17, 15) is 14.7 Å². The van der Waals surface area contributed by atoms with E-state index >= 15 is 0 Å². The molecule has 0 bridgehead atoms. The Morgan fingerprint density at radius 1 is 1.42 bits per heavy atom. The van der Waals surface area contributed by atoms with Crippen LogP contribution in [0.4, 0.5) is 0 Å². The SMILES string of the molecule is Cc1nn(CC(=O)N2CCC(O)(CNC(=O)C(C)C#N)CC2)c(C)c1Cl. The quantitative estimate of drug-likeness (QED) is 0.783. The van der Waals surface area contributed by atoms with E-state index in [4.69, 9.17) is 16.9 Å². The molecule has 142 valence electrons. The van der Waals surface area contributed by atoms with E-state index < -0.39 is 17.4 Å². The number of aliphatic hydroxyl groups is 1. The zero-order valence-corrected chi connectivity index (χ0v) is 16.0. The Bertz CT molecular complexity index is 731. The topological polar surface area (TPSA) is 111 Å². The minimum atomic E-state index is -1.07. The molecular formula is C17H24ClN5O3. The van der Waals surface area contributed by atoms with Crippen LogP contribution in [0, 0.1) is 31.1 Å². The van der Waals surface area contributed by atoms with E-state index in [1.54, 1.807) is 16.5 Å². The molecule has 8 nitrogen and oxygen atoms in total. The smallest absolute Gasteiger partial charge is 0.244 e. The van der Waals surface area contributed by atoms with Crippen LogP contribution in [-0.4, -0.2) is 56.8 Å². The summed E-state index contributed by atoms with van der Waals surface area (Å²) in [5, 5.41) is 26.7. The Balaban J connectivity index is 1.87. The number of rotatable bonds is 5. The number of carbonyl (C=O) groups excluding carboxylic acids is 2. The first-order chi connectivity index (χ1) is 12.2. The van der Waals surface area contributed by atoms with Crippen molar-refractivity contribution >= 4 is 23.4 Å². The van der Waals surface area contributed by atoms with Gasteiger partial charge in [-0.2, -0.15) is 10.4 Å². The normalized spacial score (nSPS) is 17.5. The number of amides is 2. The number of nitriles is 1. The van der Waals surface area contributed by atoms with Crippen LogP contribution in [0.2, 0.25) is 5.02 Å². The molecule has 1 aliphatic rings. The highest BCUT2D eigenvalue weighted by Gasteiger charge is 2.34. The molecular weight excluding hydrogens is 358 g/mol. The lowest BCUT2D eigenvalue weighted by atomic mass is 9.91. The van der Waals surface area contributed by atoms with Crippen LogP contribution < -0.4 is 5.32 Å². The summed E-state index contributed by atoms with van der Waals surface area (Å²) in [5.74, 6) is -1.25. The number of hydrogen-bond acceptors (Lipinski definition) is 5. The van der Waals surface area contributed by atoms with Gasteiger partial charge in [-0.3, -0.25) is 14.3 Å². The summed E-state index contributed by atoms with van der Waals surface area (Å²) >= 11 is 6.10. The molecule has 1 aromatic heterocycles. The standard InChI is InChI=1S/C17H24ClN5O3/c1-11(8-19)16(25)20-10-17(26)4-6-22(7-5-17)14(24)9-23-13(3)15(18)12(2)21-23/h11,26H,4-7,9-10H2,1-3H3,(H,20,25). The van der Waals surface area contributed by atoms with Crippen molar-refractivity contribution in [2.24, 2.45) is 5.92 Å². The molecule has 1 saturated heterocycles. The number of aromatic nitrogens is 2. The minimum absolute atomic E-state index is 0.0763. The number of piperidine rings is 1. The van der Waals surface area contributed by atoms with E-state index in [0.29, 0.717) is 36.6 Å². The lowest BCUT2D eigenvalue weighted by molar-refractivity contribution is -0.137. The third-order valence-electron chi connectivity index (χ3n) is 4.80. The number of carbonyl (C=O) groups is 2. The third kappa shape index (κ3) is 4.54. The minimum Gasteiger partial charge on any atom is -0.388 e. The molecule has 0 radical (unpaired) electrons. The van der Waals surface area contributed by atoms with Crippen molar-refractivity contribution in [1.82, 2.24) is 20.0 Å². The molecule has 0 aliphatic carbocycles. The Morgan fingerprint density at radius 2 is 2.04 bits per heavy atom. The second-order valence-electron chi connectivity index (χ2n) is 6.82. The number of halogens is 1. The van der Waals surface area contributed by atoms with Crippen LogP contribution in [0.3, 0.4) is 0 Å². The maximum Gasteiger partial charge on any atom is 0.244 e. The fourth-order valence-electron chi connectivity index (χ4n) is 2.87. The first kappa shape index (κ1) is 20.2. The van der Waals surface area contributed by atoms with Gasteiger partial charge in [0, 0.05) is 19.6 Å². The largest absolute Gasteiger partial charge is 0.388 e. The number of likely N-dealkylation sites (tertiary alicyclic amines) is 1. The van der Waals surface area contributed by atoms with E-state index in [2.05, 4.69) is 10.4 Å². The summed E-state index contributed by atoms with van der Waals surface area (Å²) in [7, 11) is 0. The zero-order valence-electron chi connectivity index (χ0n) is 15.3. The summed E-state index contributed by atoms with van der Waals surface area (Å²) in [5.41, 5.74) is 0.371. The van der Waals surface area contributed by atoms with Gasteiger partial charge >= 0.3 is 0 Å². The average Bonchev–Trinajstić information content (AvgIpc) is 2.86. The van der Waals surface area contributed by atoms with Crippen molar-refractivity contribution in [2.75, 3.05) is 19.6 Å². The molecule has 2 heterocycles. The van der Waals surface area contributed by atoms with Gasteiger partial charge in [-0.1, -0.05) is 11.6 Å². The fourth-order valence-corrected chi connectivity index (χ4v) is 3.00. The molecule has 2 amide bonds. The lowest BCUT2D eigenvalue weighted by Crippen LogP contribution is -2.53. The Hall–Kier alpha value is -2.11. The molecule has 2 N–H and O–H groups in total. The van der Waals surface area contributed by atoms with Crippen LogP contribution in [0.15, 0.2) is 0 Å². The van der Waals surface area contributed by atoms with Gasteiger partial charge in [0.2, 0.25) is 11.8 Å². The second-order valence-corrected chi connectivity index (χ2v) is 7.19. The number of hydrogen-bond donors (Lipinski definition) is 2. The Kier molecular flexibility index (Phi) is 6.26. The van der Waals surface area contributed by atoms with Gasteiger partial charge in [0.25, 0.3) is 0 Å². The predicted molar refractivity (Wildman–Crippen MR) is 95.3 cm³/mol. The summed E-state index contributed by atoms with van der Waals surface area (Å²) in [4.78, 5) is 25.8. The molecule has 0 aromatic carbocycles. The number of aryl methyl sites for hydroxylation is 1. The molecule has 0 saturated carbocycles.